The van der Waals surface area contributed by atoms with Crippen LogP contribution in [0.15, 0.2) is 18.2 Å². The van der Waals surface area contributed by atoms with Crippen molar-refractivity contribution >= 4 is 5.97 Å². The van der Waals surface area contributed by atoms with Crippen LogP contribution >= 0.6 is 0 Å². The number of carboxylic acids is 1. The molecule has 0 aliphatic heterocycles. The zero-order chi connectivity index (χ0) is 14.4. The minimum Gasteiger partial charge on any atom is -0.494 e. The molecular weight excluding hydrogens is 254 g/mol. The van der Waals surface area contributed by atoms with Gasteiger partial charge in [0.05, 0.1) is 6.61 Å². The topological polar surface area (TPSA) is 58.6 Å². The second kappa shape index (κ2) is 7.29. The fourth-order valence-corrected chi connectivity index (χ4v) is 2.65. The fraction of sp³-hybridized carbons (Fsp3) is 0.562. The summed E-state index contributed by atoms with van der Waals surface area (Å²) in [6.45, 7) is 2.97. The first-order valence-electron chi connectivity index (χ1n) is 7.41. The summed E-state index contributed by atoms with van der Waals surface area (Å²) >= 11 is 0. The van der Waals surface area contributed by atoms with Crippen LogP contribution in [-0.4, -0.2) is 30.3 Å². The van der Waals surface area contributed by atoms with Crippen LogP contribution in [0.1, 0.15) is 37.3 Å². The molecule has 2 rings (SSSR count). The Kier molecular flexibility index (Phi) is 5.41. The summed E-state index contributed by atoms with van der Waals surface area (Å²) in [4.78, 5) is 11.0. The van der Waals surface area contributed by atoms with Gasteiger partial charge in [0.25, 0.3) is 0 Å². The molecular formula is C16H23NO3. The SMILES string of the molecule is CCNC(CCOc1ccc2c(c1)CCCC2)C(=O)O. The largest absolute Gasteiger partial charge is 0.494 e. The van der Waals surface area contributed by atoms with Gasteiger partial charge in [-0.05, 0) is 55.5 Å². The van der Waals surface area contributed by atoms with Crippen molar-refractivity contribution in [3.05, 3.63) is 29.3 Å². The van der Waals surface area contributed by atoms with Gasteiger partial charge in [-0.15, -0.1) is 0 Å². The molecule has 0 spiro atoms. The number of likely N-dealkylation sites (N-methyl/N-ethyl adjacent to an activating group) is 1. The van der Waals surface area contributed by atoms with Gasteiger partial charge in [-0.1, -0.05) is 13.0 Å². The Labute approximate surface area is 120 Å². The predicted octanol–water partition coefficient (Wildman–Crippen LogP) is 2.40. The number of hydrogen-bond donors (Lipinski definition) is 2. The van der Waals surface area contributed by atoms with Crippen molar-refractivity contribution in [1.29, 1.82) is 0 Å². The lowest BCUT2D eigenvalue weighted by Crippen LogP contribution is -2.37. The lowest BCUT2D eigenvalue weighted by atomic mass is 9.92. The van der Waals surface area contributed by atoms with Gasteiger partial charge in [-0.25, -0.2) is 0 Å². The first kappa shape index (κ1) is 14.9. The third-order valence-electron chi connectivity index (χ3n) is 3.74. The highest BCUT2D eigenvalue weighted by Gasteiger charge is 2.16. The quantitative estimate of drug-likeness (QED) is 0.803. The molecule has 110 valence electrons. The van der Waals surface area contributed by atoms with Crippen LogP contribution in [0.25, 0.3) is 0 Å². The average molecular weight is 277 g/mol. The molecule has 1 unspecified atom stereocenters. The minimum absolute atomic E-state index is 0.419. The van der Waals surface area contributed by atoms with Crippen molar-refractivity contribution in [1.82, 2.24) is 5.32 Å². The third kappa shape index (κ3) is 3.97. The molecule has 0 saturated carbocycles. The van der Waals surface area contributed by atoms with E-state index in [0.717, 1.165) is 18.6 Å². The Morgan fingerprint density at radius 3 is 2.80 bits per heavy atom. The predicted molar refractivity (Wildman–Crippen MR) is 78.3 cm³/mol. The second-order valence-electron chi connectivity index (χ2n) is 5.22. The molecule has 0 aromatic heterocycles. The molecule has 4 nitrogen and oxygen atoms in total. The number of nitrogens with one attached hydrogen (secondary N) is 1. The van der Waals surface area contributed by atoms with Crippen LogP contribution in [0, 0.1) is 0 Å². The normalized spacial score (nSPS) is 15.4. The fourth-order valence-electron chi connectivity index (χ4n) is 2.65. The summed E-state index contributed by atoms with van der Waals surface area (Å²) in [5.41, 5.74) is 2.81. The number of aliphatic carboxylic acids is 1. The molecule has 0 radical (unpaired) electrons. The van der Waals surface area contributed by atoms with E-state index in [0.29, 0.717) is 19.6 Å². The summed E-state index contributed by atoms with van der Waals surface area (Å²) in [5, 5.41) is 12.0. The smallest absolute Gasteiger partial charge is 0.320 e. The van der Waals surface area contributed by atoms with Gasteiger partial charge in [0.1, 0.15) is 11.8 Å². The molecule has 1 aromatic carbocycles. The number of carboxylic acid groups (broad SMARTS) is 1. The summed E-state index contributed by atoms with van der Waals surface area (Å²) in [7, 11) is 0. The van der Waals surface area contributed by atoms with Gasteiger partial charge >= 0.3 is 5.97 Å². The molecule has 0 heterocycles. The highest BCUT2D eigenvalue weighted by atomic mass is 16.5. The van der Waals surface area contributed by atoms with Crippen molar-refractivity contribution in [3.8, 4) is 5.75 Å². The Morgan fingerprint density at radius 1 is 1.35 bits per heavy atom. The molecule has 0 saturated heterocycles. The molecule has 1 atom stereocenters. The van der Waals surface area contributed by atoms with E-state index < -0.39 is 12.0 Å². The Bertz CT molecular complexity index is 459. The van der Waals surface area contributed by atoms with Crippen molar-refractivity contribution < 1.29 is 14.6 Å². The molecule has 2 N–H and O–H groups in total. The lowest BCUT2D eigenvalue weighted by Gasteiger charge is -2.17. The molecule has 1 aliphatic rings. The number of rotatable bonds is 7. The number of benzene rings is 1. The van der Waals surface area contributed by atoms with E-state index in [4.69, 9.17) is 9.84 Å². The first-order chi connectivity index (χ1) is 9.70. The Hall–Kier alpha value is -1.55. The number of fused-ring (bicyclic) bond motifs is 1. The van der Waals surface area contributed by atoms with Crippen molar-refractivity contribution in [2.75, 3.05) is 13.2 Å². The summed E-state index contributed by atoms with van der Waals surface area (Å²) in [5.74, 6) is 0.0344. The zero-order valence-electron chi connectivity index (χ0n) is 12.0. The van der Waals surface area contributed by atoms with E-state index in [1.807, 2.05) is 13.0 Å². The number of aryl methyl sites for hydroxylation is 2. The van der Waals surface area contributed by atoms with E-state index in [2.05, 4.69) is 17.4 Å². The minimum atomic E-state index is -0.819. The lowest BCUT2D eigenvalue weighted by molar-refractivity contribution is -0.139. The van der Waals surface area contributed by atoms with Gasteiger partial charge < -0.3 is 15.2 Å². The monoisotopic (exact) mass is 277 g/mol. The van der Waals surface area contributed by atoms with Crippen LogP contribution in [0.4, 0.5) is 0 Å². The van der Waals surface area contributed by atoms with Crippen LogP contribution < -0.4 is 10.1 Å². The van der Waals surface area contributed by atoms with Crippen molar-refractivity contribution in [3.63, 3.8) is 0 Å². The zero-order valence-corrected chi connectivity index (χ0v) is 12.0. The van der Waals surface area contributed by atoms with Gasteiger partial charge in [0.15, 0.2) is 0 Å². The summed E-state index contributed by atoms with van der Waals surface area (Å²) < 4.78 is 5.70. The summed E-state index contributed by atoms with van der Waals surface area (Å²) in [6, 6.07) is 5.71. The maximum Gasteiger partial charge on any atom is 0.320 e. The number of carbonyl (C=O) groups is 1. The molecule has 1 aromatic rings. The molecule has 4 heteroatoms. The Balaban J connectivity index is 1.86. The van der Waals surface area contributed by atoms with Gasteiger partial charge in [-0.2, -0.15) is 0 Å². The standard InChI is InChI=1S/C16H23NO3/c1-2-17-15(16(18)19)9-10-20-14-8-7-12-5-3-4-6-13(12)11-14/h7-8,11,15,17H,2-6,9-10H2,1H3,(H,18,19). The van der Waals surface area contributed by atoms with Crippen LogP contribution in [0.5, 0.6) is 5.75 Å². The van der Waals surface area contributed by atoms with E-state index in [9.17, 15) is 4.79 Å². The van der Waals surface area contributed by atoms with Crippen molar-refractivity contribution in [2.24, 2.45) is 0 Å². The highest BCUT2D eigenvalue weighted by Crippen LogP contribution is 2.25. The van der Waals surface area contributed by atoms with Crippen LogP contribution in [0.2, 0.25) is 0 Å². The van der Waals surface area contributed by atoms with Crippen LogP contribution in [-0.2, 0) is 17.6 Å². The van der Waals surface area contributed by atoms with E-state index in [1.165, 1.54) is 24.0 Å². The van der Waals surface area contributed by atoms with Gasteiger partial charge in [0, 0.05) is 6.42 Å². The summed E-state index contributed by atoms with van der Waals surface area (Å²) in [6.07, 6.45) is 5.28. The Morgan fingerprint density at radius 2 is 2.10 bits per heavy atom. The second-order valence-corrected chi connectivity index (χ2v) is 5.22. The third-order valence-corrected chi connectivity index (χ3v) is 3.74. The number of hydrogen-bond acceptors (Lipinski definition) is 3. The van der Waals surface area contributed by atoms with E-state index in [1.54, 1.807) is 0 Å². The number of ether oxygens (including phenoxy) is 1. The van der Waals surface area contributed by atoms with Gasteiger partial charge in [-0.3, -0.25) is 4.79 Å². The molecule has 1 aliphatic carbocycles. The molecule has 0 fully saturated rings. The van der Waals surface area contributed by atoms with Crippen LogP contribution in [0.3, 0.4) is 0 Å². The van der Waals surface area contributed by atoms with E-state index in [-0.39, 0.29) is 0 Å². The molecule has 0 bridgehead atoms. The first-order valence-corrected chi connectivity index (χ1v) is 7.41. The maximum absolute atomic E-state index is 11.0. The van der Waals surface area contributed by atoms with E-state index >= 15 is 0 Å². The molecule has 0 amide bonds. The highest BCUT2D eigenvalue weighted by molar-refractivity contribution is 5.73. The van der Waals surface area contributed by atoms with Crippen molar-refractivity contribution in [2.45, 2.75) is 45.1 Å². The molecule has 20 heavy (non-hydrogen) atoms. The maximum atomic E-state index is 11.0. The average Bonchev–Trinajstić information content (AvgIpc) is 2.46. The van der Waals surface area contributed by atoms with Gasteiger partial charge in [0.2, 0.25) is 0 Å².